The molecule has 0 fully saturated rings. The van der Waals surface area contributed by atoms with Crippen LogP contribution in [0.5, 0.6) is 11.5 Å². The second kappa shape index (κ2) is 7.52. The Labute approximate surface area is 117 Å². The molecule has 2 atom stereocenters. The molecular formula is C14H19NO5. The van der Waals surface area contributed by atoms with Gasteiger partial charge in [0.05, 0.1) is 0 Å². The second-order valence-electron chi connectivity index (χ2n) is 4.44. The molecule has 0 bridgehead atoms. The van der Waals surface area contributed by atoms with Crippen LogP contribution in [0.15, 0.2) is 35.9 Å². The number of hydrogen-bond donors (Lipinski definition) is 2. The van der Waals surface area contributed by atoms with Crippen LogP contribution in [0.4, 0.5) is 0 Å². The number of allylic oxidation sites excluding steroid dienone is 1. The Morgan fingerprint density at radius 2 is 1.90 bits per heavy atom. The van der Waals surface area contributed by atoms with E-state index in [1.165, 1.54) is 12.1 Å². The lowest BCUT2D eigenvalue weighted by Crippen LogP contribution is -2.31. The number of ether oxygens (including phenoxy) is 2. The van der Waals surface area contributed by atoms with Crippen molar-refractivity contribution in [1.29, 1.82) is 0 Å². The Morgan fingerprint density at radius 3 is 2.40 bits per heavy atom. The van der Waals surface area contributed by atoms with Crippen LogP contribution in [0.2, 0.25) is 0 Å². The smallest absolute Gasteiger partial charge is 0.349 e. The number of nitrogens with two attached hydrogens (primary N) is 1. The van der Waals surface area contributed by atoms with E-state index in [0.29, 0.717) is 5.75 Å². The molecule has 2 unspecified atom stereocenters. The summed E-state index contributed by atoms with van der Waals surface area (Å²) in [6.45, 7) is 5.21. The van der Waals surface area contributed by atoms with Gasteiger partial charge in [0, 0.05) is 0 Å². The Hall–Kier alpha value is -2.05. The zero-order valence-corrected chi connectivity index (χ0v) is 11.7. The second-order valence-corrected chi connectivity index (χ2v) is 4.44. The lowest BCUT2D eigenvalue weighted by molar-refractivity contribution is -0.177. The molecule has 6 nitrogen and oxygen atoms in total. The van der Waals surface area contributed by atoms with Gasteiger partial charge in [-0.2, -0.15) is 0 Å². The number of carbonyl (C=O) groups excluding carboxylic acids is 1. The highest BCUT2D eigenvalue weighted by Gasteiger charge is 2.20. The van der Waals surface area contributed by atoms with Crippen molar-refractivity contribution in [3.63, 3.8) is 0 Å². The van der Waals surface area contributed by atoms with Crippen LogP contribution in [0.1, 0.15) is 20.8 Å². The fourth-order valence-corrected chi connectivity index (χ4v) is 1.36. The van der Waals surface area contributed by atoms with Gasteiger partial charge in [-0.25, -0.2) is 10.7 Å². The molecule has 0 spiro atoms. The highest BCUT2D eigenvalue weighted by Crippen LogP contribution is 2.17. The van der Waals surface area contributed by atoms with Crippen LogP contribution in [0, 0.1) is 0 Å². The molecule has 0 amide bonds. The van der Waals surface area contributed by atoms with Crippen molar-refractivity contribution in [2.24, 2.45) is 5.90 Å². The summed E-state index contributed by atoms with van der Waals surface area (Å²) in [5, 5.41) is 9.15. The molecule has 6 heteroatoms. The highest BCUT2D eigenvalue weighted by molar-refractivity contribution is 5.74. The molecule has 1 aromatic carbocycles. The average molecular weight is 281 g/mol. The van der Waals surface area contributed by atoms with Gasteiger partial charge in [-0.15, -0.1) is 0 Å². The molecule has 0 aliphatic carbocycles. The molecule has 1 rings (SSSR count). The normalized spacial score (nSPS) is 13.2. The van der Waals surface area contributed by atoms with E-state index in [2.05, 4.69) is 4.84 Å². The first kappa shape index (κ1) is 16.0. The van der Waals surface area contributed by atoms with Crippen molar-refractivity contribution in [1.82, 2.24) is 0 Å². The summed E-state index contributed by atoms with van der Waals surface area (Å²) in [7, 11) is 0. The number of phenols is 1. The standard InChI is InChI=1S/C14H19NO5/c1-9(2)8-13(20-15)19-14(17)10(3)18-12-6-4-11(16)5-7-12/h4-8,10,13,16H,15H2,1-3H3. The first-order chi connectivity index (χ1) is 9.42. The first-order valence-corrected chi connectivity index (χ1v) is 6.09. The quantitative estimate of drug-likeness (QED) is 0.358. The molecule has 20 heavy (non-hydrogen) atoms. The molecule has 1 aromatic rings. The molecule has 0 aromatic heterocycles. The average Bonchev–Trinajstić information content (AvgIpc) is 2.39. The first-order valence-electron chi connectivity index (χ1n) is 6.09. The maximum Gasteiger partial charge on any atom is 0.349 e. The molecule has 0 radical (unpaired) electrons. The SMILES string of the molecule is CC(C)=CC(ON)OC(=O)C(C)Oc1ccc(O)cc1. The summed E-state index contributed by atoms with van der Waals surface area (Å²) in [6, 6.07) is 6.02. The van der Waals surface area contributed by atoms with E-state index in [1.807, 2.05) is 13.8 Å². The van der Waals surface area contributed by atoms with Gasteiger partial charge < -0.3 is 14.6 Å². The van der Waals surface area contributed by atoms with E-state index < -0.39 is 18.4 Å². The summed E-state index contributed by atoms with van der Waals surface area (Å²) in [4.78, 5) is 16.3. The van der Waals surface area contributed by atoms with Crippen LogP contribution < -0.4 is 10.6 Å². The predicted molar refractivity (Wildman–Crippen MR) is 72.8 cm³/mol. The molecule has 0 aliphatic rings. The van der Waals surface area contributed by atoms with E-state index in [9.17, 15) is 4.79 Å². The zero-order valence-electron chi connectivity index (χ0n) is 11.7. The van der Waals surface area contributed by atoms with Gasteiger partial charge in [0.2, 0.25) is 6.29 Å². The maximum atomic E-state index is 11.8. The van der Waals surface area contributed by atoms with Gasteiger partial charge in [0.25, 0.3) is 0 Å². The third-order valence-electron chi connectivity index (χ3n) is 2.32. The molecule has 110 valence electrons. The van der Waals surface area contributed by atoms with Crippen LogP contribution >= 0.6 is 0 Å². The van der Waals surface area contributed by atoms with Gasteiger partial charge in [0.15, 0.2) is 6.10 Å². The Morgan fingerprint density at radius 1 is 1.30 bits per heavy atom. The molecule has 0 heterocycles. The number of hydrogen-bond acceptors (Lipinski definition) is 6. The van der Waals surface area contributed by atoms with Gasteiger partial charge in [0.1, 0.15) is 11.5 Å². The van der Waals surface area contributed by atoms with E-state index in [4.69, 9.17) is 20.5 Å². The van der Waals surface area contributed by atoms with Gasteiger partial charge in [-0.05, 0) is 51.1 Å². The van der Waals surface area contributed by atoms with E-state index >= 15 is 0 Å². The Kier molecular flexibility index (Phi) is 6.02. The molecule has 0 saturated carbocycles. The van der Waals surface area contributed by atoms with E-state index in [0.717, 1.165) is 5.57 Å². The summed E-state index contributed by atoms with van der Waals surface area (Å²) in [6.07, 6.45) is -0.202. The highest BCUT2D eigenvalue weighted by atomic mass is 16.8. The minimum atomic E-state index is -0.946. The van der Waals surface area contributed by atoms with Crippen molar-refractivity contribution in [2.75, 3.05) is 0 Å². The minimum Gasteiger partial charge on any atom is -0.508 e. The number of benzene rings is 1. The van der Waals surface area contributed by atoms with Crippen LogP contribution in [-0.2, 0) is 14.4 Å². The lowest BCUT2D eigenvalue weighted by atomic mass is 10.3. The van der Waals surface area contributed by atoms with Crippen molar-refractivity contribution in [3.8, 4) is 11.5 Å². The molecule has 0 aliphatic heterocycles. The van der Waals surface area contributed by atoms with Crippen LogP contribution in [-0.4, -0.2) is 23.5 Å². The lowest BCUT2D eigenvalue weighted by Gasteiger charge is -2.17. The number of phenolic OH excluding ortho intramolecular Hbond substituents is 1. The van der Waals surface area contributed by atoms with Gasteiger partial charge >= 0.3 is 5.97 Å². The van der Waals surface area contributed by atoms with Crippen molar-refractivity contribution in [2.45, 2.75) is 33.2 Å². The third-order valence-corrected chi connectivity index (χ3v) is 2.32. The van der Waals surface area contributed by atoms with Crippen LogP contribution in [0.25, 0.3) is 0 Å². The Bertz CT molecular complexity index is 465. The third kappa shape index (κ3) is 5.29. The van der Waals surface area contributed by atoms with Crippen molar-refractivity contribution >= 4 is 5.97 Å². The number of rotatable bonds is 6. The summed E-state index contributed by atoms with van der Waals surface area (Å²) >= 11 is 0. The summed E-state index contributed by atoms with van der Waals surface area (Å²) in [5.74, 6) is 5.01. The van der Waals surface area contributed by atoms with Gasteiger partial charge in [-0.3, -0.25) is 4.84 Å². The minimum absolute atomic E-state index is 0.118. The van der Waals surface area contributed by atoms with E-state index in [1.54, 1.807) is 25.1 Å². The number of esters is 1. The fourth-order valence-electron chi connectivity index (χ4n) is 1.36. The predicted octanol–water partition coefficient (Wildman–Crippen LogP) is 1.89. The Balaban J connectivity index is 2.58. The molecule has 0 saturated heterocycles. The monoisotopic (exact) mass is 281 g/mol. The molecule has 3 N–H and O–H groups in total. The fraction of sp³-hybridized carbons (Fsp3) is 0.357. The van der Waals surface area contributed by atoms with Crippen LogP contribution in [0.3, 0.4) is 0 Å². The topological polar surface area (TPSA) is 91.0 Å². The maximum absolute atomic E-state index is 11.8. The van der Waals surface area contributed by atoms with Crippen molar-refractivity contribution < 1.29 is 24.2 Å². The summed E-state index contributed by atoms with van der Waals surface area (Å²) in [5.41, 5.74) is 0.903. The zero-order chi connectivity index (χ0) is 15.1. The largest absolute Gasteiger partial charge is 0.508 e. The van der Waals surface area contributed by atoms with Gasteiger partial charge in [-0.1, -0.05) is 5.57 Å². The molecular weight excluding hydrogens is 262 g/mol. The number of carbonyl (C=O) groups is 1. The van der Waals surface area contributed by atoms with Crippen molar-refractivity contribution in [3.05, 3.63) is 35.9 Å². The summed E-state index contributed by atoms with van der Waals surface area (Å²) < 4.78 is 10.4. The number of aromatic hydroxyl groups is 1. The van der Waals surface area contributed by atoms with E-state index in [-0.39, 0.29) is 5.75 Å².